The number of carboxylic acids is 1. The van der Waals surface area contributed by atoms with E-state index in [1.807, 2.05) is 6.07 Å². The Morgan fingerprint density at radius 1 is 1.22 bits per heavy atom. The molecule has 1 fully saturated rings. The number of carboxylic acid groups (broad SMARTS) is 1. The summed E-state index contributed by atoms with van der Waals surface area (Å²) in [5.41, 5.74) is 2.84. The van der Waals surface area contributed by atoms with Crippen molar-refractivity contribution in [3.05, 3.63) is 29.3 Å². The van der Waals surface area contributed by atoms with Gasteiger partial charge in [0.15, 0.2) is 0 Å². The van der Waals surface area contributed by atoms with Gasteiger partial charge in [0, 0.05) is 0 Å². The third-order valence-electron chi connectivity index (χ3n) is 4.11. The van der Waals surface area contributed by atoms with Gasteiger partial charge >= 0.3 is 5.97 Å². The lowest BCUT2D eigenvalue weighted by Crippen LogP contribution is -2.15. The van der Waals surface area contributed by atoms with Crippen LogP contribution in [0.15, 0.2) is 18.2 Å². The normalized spacial score (nSPS) is 26.0. The van der Waals surface area contributed by atoms with Gasteiger partial charge in [-0.15, -0.1) is 0 Å². The molecule has 0 aromatic heterocycles. The summed E-state index contributed by atoms with van der Waals surface area (Å²) in [5.74, 6) is 0.00571. The number of aliphatic carboxylic acids is 1. The summed E-state index contributed by atoms with van der Waals surface area (Å²) in [6.07, 6.45) is 5.88. The lowest BCUT2D eigenvalue weighted by molar-refractivity contribution is -0.141. The molecule has 0 saturated heterocycles. The van der Waals surface area contributed by atoms with E-state index in [0.717, 1.165) is 25.0 Å². The van der Waals surface area contributed by atoms with E-state index < -0.39 is 5.97 Å². The van der Waals surface area contributed by atoms with Gasteiger partial charge in [0.05, 0.1) is 12.0 Å². The largest absolute Gasteiger partial charge is 0.490 e. The molecule has 1 saturated carbocycles. The molecule has 0 heterocycles. The molecule has 96 valence electrons. The molecule has 0 spiro atoms. The van der Waals surface area contributed by atoms with Gasteiger partial charge in [-0.1, -0.05) is 6.07 Å². The van der Waals surface area contributed by atoms with Gasteiger partial charge < -0.3 is 9.84 Å². The fourth-order valence-corrected chi connectivity index (χ4v) is 3.09. The van der Waals surface area contributed by atoms with E-state index in [9.17, 15) is 4.79 Å². The molecular formula is C15H18O3. The molecule has 0 amide bonds. The third-order valence-corrected chi connectivity index (χ3v) is 4.11. The van der Waals surface area contributed by atoms with Crippen LogP contribution in [0.5, 0.6) is 5.75 Å². The molecular weight excluding hydrogens is 228 g/mol. The summed E-state index contributed by atoms with van der Waals surface area (Å²) in [5, 5.41) is 8.97. The van der Waals surface area contributed by atoms with E-state index in [4.69, 9.17) is 9.84 Å². The van der Waals surface area contributed by atoms with Gasteiger partial charge in [-0.3, -0.25) is 4.79 Å². The van der Waals surface area contributed by atoms with Crippen LogP contribution in [-0.2, 0) is 17.6 Å². The van der Waals surface area contributed by atoms with Crippen LogP contribution in [0.1, 0.15) is 36.8 Å². The second kappa shape index (κ2) is 4.63. The van der Waals surface area contributed by atoms with Crippen molar-refractivity contribution in [2.45, 2.75) is 44.6 Å². The zero-order chi connectivity index (χ0) is 12.5. The lowest BCUT2D eigenvalue weighted by atomic mass is 10.1. The number of benzene rings is 1. The van der Waals surface area contributed by atoms with Crippen LogP contribution in [0.3, 0.4) is 0 Å². The molecule has 3 rings (SSSR count). The van der Waals surface area contributed by atoms with Gasteiger partial charge in [-0.05, 0) is 61.8 Å². The molecule has 1 N–H and O–H groups in total. The number of ether oxygens (including phenoxy) is 1. The molecule has 0 bridgehead atoms. The zero-order valence-electron chi connectivity index (χ0n) is 10.4. The van der Waals surface area contributed by atoms with Gasteiger partial charge in [-0.2, -0.15) is 0 Å². The maximum atomic E-state index is 10.9. The van der Waals surface area contributed by atoms with Crippen molar-refractivity contribution in [1.29, 1.82) is 0 Å². The Bertz CT molecular complexity index is 467. The van der Waals surface area contributed by atoms with E-state index in [-0.39, 0.29) is 12.0 Å². The maximum absolute atomic E-state index is 10.9. The smallest absolute Gasteiger partial charge is 0.306 e. The minimum atomic E-state index is -0.685. The van der Waals surface area contributed by atoms with Crippen molar-refractivity contribution in [3.63, 3.8) is 0 Å². The maximum Gasteiger partial charge on any atom is 0.306 e. The summed E-state index contributed by atoms with van der Waals surface area (Å²) in [6.45, 7) is 0. The minimum absolute atomic E-state index is 0.0746. The molecule has 0 aliphatic heterocycles. The van der Waals surface area contributed by atoms with Gasteiger partial charge in [0.1, 0.15) is 5.75 Å². The van der Waals surface area contributed by atoms with Crippen LogP contribution in [0.25, 0.3) is 0 Å². The van der Waals surface area contributed by atoms with E-state index in [0.29, 0.717) is 6.42 Å². The summed E-state index contributed by atoms with van der Waals surface area (Å²) < 4.78 is 5.92. The predicted molar refractivity (Wildman–Crippen MR) is 67.9 cm³/mol. The van der Waals surface area contributed by atoms with Crippen molar-refractivity contribution in [2.24, 2.45) is 5.92 Å². The number of fused-ring (bicyclic) bond motifs is 1. The number of hydrogen-bond donors (Lipinski definition) is 1. The van der Waals surface area contributed by atoms with E-state index >= 15 is 0 Å². The molecule has 3 nitrogen and oxygen atoms in total. The topological polar surface area (TPSA) is 46.5 Å². The fourth-order valence-electron chi connectivity index (χ4n) is 3.09. The summed E-state index contributed by atoms with van der Waals surface area (Å²) >= 11 is 0. The number of carbonyl (C=O) groups is 1. The van der Waals surface area contributed by atoms with Crippen molar-refractivity contribution in [2.75, 3.05) is 0 Å². The third kappa shape index (κ3) is 2.22. The number of rotatable bonds is 3. The van der Waals surface area contributed by atoms with Gasteiger partial charge in [0.2, 0.25) is 0 Å². The van der Waals surface area contributed by atoms with Crippen LogP contribution in [-0.4, -0.2) is 17.2 Å². The lowest BCUT2D eigenvalue weighted by Gasteiger charge is -2.14. The van der Waals surface area contributed by atoms with Crippen molar-refractivity contribution >= 4 is 5.97 Å². The van der Waals surface area contributed by atoms with Crippen LogP contribution >= 0.6 is 0 Å². The quantitative estimate of drug-likeness (QED) is 0.892. The van der Waals surface area contributed by atoms with Gasteiger partial charge in [0.25, 0.3) is 0 Å². The minimum Gasteiger partial charge on any atom is -0.490 e. The average Bonchev–Trinajstić information content (AvgIpc) is 2.96. The Morgan fingerprint density at radius 2 is 2.06 bits per heavy atom. The van der Waals surface area contributed by atoms with E-state index in [1.165, 1.54) is 24.0 Å². The molecule has 1 aromatic rings. The SMILES string of the molecule is O=C(O)C1CCC(Oc2ccc3c(c2)CCC3)C1. The summed E-state index contributed by atoms with van der Waals surface area (Å²) in [6, 6.07) is 6.32. The highest BCUT2D eigenvalue weighted by Crippen LogP contribution is 2.31. The highest BCUT2D eigenvalue weighted by Gasteiger charge is 2.31. The number of hydrogen-bond acceptors (Lipinski definition) is 2. The highest BCUT2D eigenvalue weighted by molar-refractivity contribution is 5.70. The molecule has 2 atom stereocenters. The van der Waals surface area contributed by atoms with Crippen molar-refractivity contribution < 1.29 is 14.6 Å². The predicted octanol–water partition coefficient (Wildman–Crippen LogP) is 2.81. The zero-order valence-corrected chi connectivity index (χ0v) is 10.4. The second-order valence-corrected chi connectivity index (χ2v) is 5.37. The Labute approximate surface area is 107 Å². The van der Waals surface area contributed by atoms with Crippen molar-refractivity contribution in [3.8, 4) is 5.75 Å². The molecule has 3 heteroatoms. The van der Waals surface area contributed by atoms with E-state index in [2.05, 4.69) is 12.1 Å². The van der Waals surface area contributed by atoms with E-state index in [1.54, 1.807) is 0 Å². The Hall–Kier alpha value is -1.51. The van der Waals surface area contributed by atoms with Crippen molar-refractivity contribution in [1.82, 2.24) is 0 Å². The van der Waals surface area contributed by atoms with Crippen LogP contribution in [0, 0.1) is 5.92 Å². The molecule has 2 aliphatic carbocycles. The second-order valence-electron chi connectivity index (χ2n) is 5.37. The standard InChI is InChI=1S/C15H18O3/c16-15(17)12-5-7-14(9-12)18-13-6-4-10-2-1-3-11(10)8-13/h4,6,8,12,14H,1-3,5,7,9H2,(H,16,17). The van der Waals surface area contributed by atoms with Crippen LogP contribution in [0.4, 0.5) is 0 Å². The Morgan fingerprint density at radius 3 is 2.83 bits per heavy atom. The number of aryl methyl sites for hydroxylation is 2. The molecule has 18 heavy (non-hydrogen) atoms. The molecule has 1 aromatic carbocycles. The van der Waals surface area contributed by atoms with Gasteiger partial charge in [-0.25, -0.2) is 0 Å². The summed E-state index contributed by atoms with van der Waals surface area (Å²) in [7, 11) is 0. The first kappa shape index (κ1) is 11.6. The first-order valence-corrected chi connectivity index (χ1v) is 6.73. The highest BCUT2D eigenvalue weighted by atomic mass is 16.5. The average molecular weight is 246 g/mol. The first-order valence-electron chi connectivity index (χ1n) is 6.73. The van der Waals surface area contributed by atoms with Crippen LogP contribution < -0.4 is 4.74 Å². The molecule has 2 unspecified atom stereocenters. The summed E-state index contributed by atoms with van der Waals surface area (Å²) in [4.78, 5) is 10.9. The molecule has 0 radical (unpaired) electrons. The first-order chi connectivity index (χ1) is 8.72. The monoisotopic (exact) mass is 246 g/mol. The molecule has 2 aliphatic rings. The van der Waals surface area contributed by atoms with Crippen LogP contribution in [0.2, 0.25) is 0 Å². The Balaban J connectivity index is 1.65. The Kier molecular flexibility index (Phi) is 2.98. The fraction of sp³-hybridized carbons (Fsp3) is 0.533.